The molecule has 1 aromatic carbocycles. The van der Waals surface area contributed by atoms with Gasteiger partial charge in [-0.05, 0) is 25.3 Å². The molecule has 6 heteroatoms. The van der Waals surface area contributed by atoms with Gasteiger partial charge in [0.15, 0.2) is 0 Å². The van der Waals surface area contributed by atoms with Crippen molar-refractivity contribution in [2.45, 2.75) is 25.8 Å². The molecule has 0 fully saturated rings. The Morgan fingerprint density at radius 3 is 2.70 bits per heavy atom. The van der Waals surface area contributed by atoms with Crippen molar-refractivity contribution in [2.24, 2.45) is 0 Å². The van der Waals surface area contributed by atoms with Crippen molar-refractivity contribution in [1.29, 1.82) is 0 Å². The molecule has 2 rings (SSSR count). The quantitative estimate of drug-likeness (QED) is 0.857. The second-order valence-electron chi connectivity index (χ2n) is 4.56. The van der Waals surface area contributed by atoms with E-state index in [9.17, 15) is 4.79 Å². The molecule has 0 saturated carbocycles. The van der Waals surface area contributed by atoms with E-state index in [1.54, 1.807) is 7.05 Å². The van der Waals surface area contributed by atoms with Gasteiger partial charge in [-0.1, -0.05) is 41.7 Å². The fourth-order valence-electron chi connectivity index (χ4n) is 1.80. The van der Waals surface area contributed by atoms with E-state index in [1.807, 2.05) is 25.1 Å². The number of hydrogen-bond acceptors (Lipinski definition) is 5. The first kappa shape index (κ1) is 14.5. The highest BCUT2D eigenvalue weighted by atomic mass is 32.1. The Morgan fingerprint density at radius 1 is 1.30 bits per heavy atom. The normalized spacial score (nSPS) is 11.9. The first-order chi connectivity index (χ1) is 9.69. The molecule has 0 bridgehead atoms. The molecule has 5 nitrogen and oxygen atoms in total. The molecule has 1 unspecified atom stereocenters. The lowest BCUT2D eigenvalue weighted by Gasteiger charge is -2.12. The molecule has 1 heterocycles. The van der Waals surface area contributed by atoms with Crippen LogP contribution in [0.25, 0.3) is 0 Å². The predicted octanol–water partition coefficient (Wildman–Crippen LogP) is 2.33. The fraction of sp³-hybridized carbons (Fsp3) is 0.357. The smallest absolute Gasteiger partial charge is 0.282 e. The maximum absolute atomic E-state index is 12.0. The van der Waals surface area contributed by atoms with Crippen LogP contribution in [0.2, 0.25) is 0 Å². The topological polar surface area (TPSA) is 66.9 Å². The third-order valence-electron chi connectivity index (χ3n) is 2.92. The molecule has 0 saturated heterocycles. The molecular weight excluding hydrogens is 272 g/mol. The molecule has 0 radical (unpaired) electrons. The second kappa shape index (κ2) is 7.00. The SMILES string of the molecule is CNc1nnc(C(=O)NC(C)CCc2ccccc2)s1. The number of aromatic nitrogens is 2. The van der Waals surface area contributed by atoms with Crippen LogP contribution in [0.4, 0.5) is 5.13 Å². The highest BCUT2D eigenvalue weighted by Gasteiger charge is 2.14. The van der Waals surface area contributed by atoms with Gasteiger partial charge in [0, 0.05) is 13.1 Å². The van der Waals surface area contributed by atoms with E-state index in [2.05, 4.69) is 33.0 Å². The van der Waals surface area contributed by atoms with Crippen LogP contribution >= 0.6 is 11.3 Å². The molecule has 106 valence electrons. The van der Waals surface area contributed by atoms with E-state index in [-0.39, 0.29) is 11.9 Å². The Morgan fingerprint density at radius 2 is 2.05 bits per heavy atom. The van der Waals surface area contributed by atoms with Crippen LogP contribution in [0.3, 0.4) is 0 Å². The van der Waals surface area contributed by atoms with E-state index < -0.39 is 0 Å². The van der Waals surface area contributed by atoms with E-state index >= 15 is 0 Å². The molecule has 0 aliphatic heterocycles. The summed E-state index contributed by atoms with van der Waals surface area (Å²) in [7, 11) is 1.75. The summed E-state index contributed by atoms with van der Waals surface area (Å²) in [4.78, 5) is 12.0. The van der Waals surface area contributed by atoms with E-state index in [4.69, 9.17) is 0 Å². The highest BCUT2D eigenvalue weighted by molar-refractivity contribution is 7.17. The molecule has 1 amide bonds. The van der Waals surface area contributed by atoms with Crippen molar-refractivity contribution in [3.63, 3.8) is 0 Å². The first-order valence-electron chi connectivity index (χ1n) is 6.55. The van der Waals surface area contributed by atoms with Gasteiger partial charge in [-0.3, -0.25) is 4.79 Å². The van der Waals surface area contributed by atoms with E-state index in [0.29, 0.717) is 10.1 Å². The number of carbonyl (C=O) groups is 1. The fourth-order valence-corrected chi connectivity index (χ4v) is 2.40. The summed E-state index contributed by atoms with van der Waals surface area (Å²) in [6, 6.07) is 10.4. The van der Waals surface area contributed by atoms with Crippen molar-refractivity contribution >= 4 is 22.4 Å². The highest BCUT2D eigenvalue weighted by Crippen LogP contribution is 2.14. The van der Waals surface area contributed by atoms with Crippen LogP contribution in [0.15, 0.2) is 30.3 Å². The predicted molar refractivity (Wildman–Crippen MR) is 81.1 cm³/mol. The van der Waals surface area contributed by atoms with Gasteiger partial charge < -0.3 is 10.6 Å². The molecule has 0 spiro atoms. The lowest BCUT2D eigenvalue weighted by atomic mass is 10.1. The van der Waals surface area contributed by atoms with Crippen molar-refractivity contribution in [1.82, 2.24) is 15.5 Å². The van der Waals surface area contributed by atoms with Crippen molar-refractivity contribution in [3.05, 3.63) is 40.9 Å². The number of carbonyl (C=O) groups excluding carboxylic acids is 1. The van der Waals surface area contributed by atoms with Gasteiger partial charge in [-0.15, -0.1) is 10.2 Å². The lowest BCUT2D eigenvalue weighted by Crippen LogP contribution is -2.32. The number of anilines is 1. The zero-order chi connectivity index (χ0) is 14.4. The van der Waals surface area contributed by atoms with Crippen LogP contribution in [0, 0.1) is 0 Å². The molecular formula is C14H18N4OS. The summed E-state index contributed by atoms with van der Waals surface area (Å²) in [5, 5.41) is 14.6. The Hall–Kier alpha value is -1.95. The van der Waals surface area contributed by atoms with Crippen LogP contribution in [0.5, 0.6) is 0 Å². The second-order valence-corrected chi connectivity index (χ2v) is 5.54. The zero-order valence-electron chi connectivity index (χ0n) is 11.6. The minimum Gasteiger partial charge on any atom is -0.363 e. The maximum atomic E-state index is 12.0. The summed E-state index contributed by atoms with van der Waals surface area (Å²) in [6.07, 6.45) is 1.84. The van der Waals surface area contributed by atoms with E-state index in [0.717, 1.165) is 12.8 Å². The summed E-state index contributed by atoms with van der Waals surface area (Å²) < 4.78 is 0. The van der Waals surface area contributed by atoms with Gasteiger partial charge in [-0.25, -0.2) is 0 Å². The minimum atomic E-state index is -0.162. The average Bonchev–Trinajstić information content (AvgIpc) is 2.95. The van der Waals surface area contributed by atoms with Crippen molar-refractivity contribution in [3.8, 4) is 0 Å². The van der Waals surface area contributed by atoms with Gasteiger partial charge >= 0.3 is 0 Å². The monoisotopic (exact) mass is 290 g/mol. The third-order valence-corrected chi connectivity index (χ3v) is 3.86. The minimum absolute atomic E-state index is 0.102. The van der Waals surface area contributed by atoms with Gasteiger partial charge in [0.05, 0.1) is 0 Å². The summed E-state index contributed by atoms with van der Waals surface area (Å²) in [5.74, 6) is -0.162. The van der Waals surface area contributed by atoms with Gasteiger partial charge in [0.25, 0.3) is 5.91 Å². The molecule has 0 aliphatic carbocycles. The Bertz CT molecular complexity index is 555. The number of benzene rings is 1. The molecule has 2 N–H and O–H groups in total. The Balaban J connectivity index is 1.82. The first-order valence-corrected chi connectivity index (χ1v) is 7.36. The Labute approximate surface area is 122 Å². The summed E-state index contributed by atoms with van der Waals surface area (Å²) >= 11 is 1.25. The van der Waals surface area contributed by atoms with Crippen LogP contribution in [-0.4, -0.2) is 29.2 Å². The molecule has 0 aliphatic rings. The third kappa shape index (κ3) is 4.03. The summed E-state index contributed by atoms with van der Waals surface area (Å²) in [5.41, 5.74) is 1.28. The number of aryl methyl sites for hydroxylation is 1. The zero-order valence-corrected chi connectivity index (χ0v) is 12.4. The lowest BCUT2D eigenvalue weighted by molar-refractivity contribution is 0.0937. The number of nitrogens with zero attached hydrogens (tertiary/aromatic N) is 2. The largest absolute Gasteiger partial charge is 0.363 e. The standard InChI is InChI=1S/C14H18N4OS/c1-10(8-9-11-6-4-3-5-7-11)16-12(19)13-17-18-14(15-2)20-13/h3-7,10H,8-9H2,1-2H3,(H,15,18)(H,16,19). The number of nitrogens with one attached hydrogen (secondary N) is 2. The number of hydrogen-bond donors (Lipinski definition) is 2. The number of amides is 1. The molecule has 1 aromatic heterocycles. The van der Waals surface area contributed by atoms with Crippen molar-refractivity contribution < 1.29 is 4.79 Å². The molecule has 20 heavy (non-hydrogen) atoms. The van der Waals surface area contributed by atoms with E-state index in [1.165, 1.54) is 16.9 Å². The van der Waals surface area contributed by atoms with Gasteiger partial charge in [-0.2, -0.15) is 0 Å². The molecule has 2 aromatic rings. The van der Waals surface area contributed by atoms with Crippen molar-refractivity contribution in [2.75, 3.05) is 12.4 Å². The summed E-state index contributed by atoms with van der Waals surface area (Å²) in [6.45, 7) is 2.00. The Kier molecular flexibility index (Phi) is 5.06. The van der Waals surface area contributed by atoms with Crippen LogP contribution in [-0.2, 0) is 6.42 Å². The van der Waals surface area contributed by atoms with Crippen LogP contribution in [0.1, 0.15) is 28.7 Å². The van der Waals surface area contributed by atoms with Gasteiger partial charge in [0.2, 0.25) is 10.1 Å². The average molecular weight is 290 g/mol. The van der Waals surface area contributed by atoms with Crippen LogP contribution < -0.4 is 10.6 Å². The molecule has 1 atom stereocenters. The maximum Gasteiger partial charge on any atom is 0.282 e. The van der Waals surface area contributed by atoms with Gasteiger partial charge in [0.1, 0.15) is 0 Å². The number of rotatable bonds is 6.